The van der Waals surface area contributed by atoms with Crippen molar-refractivity contribution in [3.8, 4) is 5.75 Å². The first kappa shape index (κ1) is 12.4. The molecule has 0 saturated heterocycles. The van der Waals surface area contributed by atoms with Gasteiger partial charge < -0.3 is 5.11 Å². The Balaban J connectivity index is 2.04. The minimum atomic E-state index is 0.285. The summed E-state index contributed by atoms with van der Waals surface area (Å²) in [5.41, 5.74) is 3.74. The highest BCUT2D eigenvalue weighted by molar-refractivity contribution is 5.85. The monoisotopic (exact) mass is 261 g/mol. The second-order valence-electron chi connectivity index (χ2n) is 4.78. The standard InChI is InChI=1S/C18H15NO/c1-13(12-15-7-3-5-9-18(15)20)16-11-10-14-6-2-4-8-17(14)19-16/h2-12,20H,1H3/b13-12-. The molecule has 2 heteroatoms. The van der Waals surface area contributed by atoms with Crippen molar-refractivity contribution in [2.24, 2.45) is 0 Å². The Bertz CT molecular complexity index is 790. The maximum Gasteiger partial charge on any atom is 0.122 e. The Morgan fingerprint density at radius 3 is 2.55 bits per heavy atom. The van der Waals surface area contributed by atoms with Gasteiger partial charge in [0.25, 0.3) is 0 Å². The predicted octanol–water partition coefficient (Wildman–Crippen LogP) is 4.50. The smallest absolute Gasteiger partial charge is 0.122 e. The molecule has 20 heavy (non-hydrogen) atoms. The molecule has 0 aliphatic heterocycles. The second kappa shape index (κ2) is 5.17. The first-order chi connectivity index (χ1) is 9.74. The maximum absolute atomic E-state index is 9.81. The zero-order chi connectivity index (χ0) is 13.9. The molecule has 0 atom stereocenters. The fraction of sp³-hybridized carbons (Fsp3) is 0.0556. The van der Waals surface area contributed by atoms with Crippen LogP contribution < -0.4 is 0 Å². The summed E-state index contributed by atoms with van der Waals surface area (Å²) in [7, 11) is 0. The molecule has 0 aliphatic carbocycles. The van der Waals surface area contributed by atoms with Crippen LogP contribution in [0.15, 0.2) is 60.7 Å². The summed E-state index contributed by atoms with van der Waals surface area (Å²) in [5, 5.41) is 10.9. The number of aromatic hydroxyl groups is 1. The van der Waals surface area contributed by atoms with Crippen molar-refractivity contribution in [2.45, 2.75) is 6.92 Å². The van der Waals surface area contributed by atoms with E-state index in [0.717, 1.165) is 27.7 Å². The molecular formula is C18H15NO. The molecular weight excluding hydrogens is 246 g/mol. The summed E-state index contributed by atoms with van der Waals surface area (Å²) in [6, 6.07) is 19.4. The molecule has 0 amide bonds. The van der Waals surface area contributed by atoms with Gasteiger partial charge in [0.05, 0.1) is 11.2 Å². The van der Waals surface area contributed by atoms with Gasteiger partial charge in [-0.3, -0.25) is 0 Å². The van der Waals surface area contributed by atoms with Gasteiger partial charge in [0.2, 0.25) is 0 Å². The fourth-order valence-electron chi connectivity index (χ4n) is 2.20. The van der Waals surface area contributed by atoms with E-state index in [1.807, 2.05) is 61.5 Å². The molecule has 2 aromatic carbocycles. The van der Waals surface area contributed by atoms with Crippen LogP contribution in [0, 0.1) is 0 Å². The summed E-state index contributed by atoms with van der Waals surface area (Å²) >= 11 is 0. The summed E-state index contributed by atoms with van der Waals surface area (Å²) in [4.78, 5) is 4.65. The van der Waals surface area contributed by atoms with Crippen molar-refractivity contribution in [3.63, 3.8) is 0 Å². The van der Waals surface area contributed by atoms with E-state index < -0.39 is 0 Å². The Labute approximate surface area is 118 Å². The van der Waals surface area contributed by atoms with E-state index in [9.17, 15) is 5.11 Å². The zero-order valence-electron chi connectivity index (χ0n) is 11.2. The number of nitrogens with zero attached hydrogens (tertiary/aromatic N) is 1. The Hall–Kier alpha value is -2.61. The van der Waals surface area contributed by atoms with Gasteiger partial charge in [-0.05, 0) is 36.8 Å². The predicted molar refractivity (Wildman–Crippen MR) is 83.4 cm³/mol. The first-order valence-corrected chi connectivity index (χ1v) is 6.56. The van der Waals surface area contributed by atoms with Crippen LogP contribution in [-0.4, -0.2) is 10.1 Å². The van der Waals surface area contributed by atoms with Crippen molar-refractivity contribution < 1.29 is 5.11 Å². The largest absolute Gasteiger partial charge is 0.507 e. The Kier molecular flexibility index (Phi) is 3.21. The van der Waals surface area contributed by atoms with Crippen LogP contribution in [0.4, 0.5) is 0 Å². The van der Waals surface area contributed by atoms with Crippen LogP contribution in [0.25, 0.3) is 22.6 Å². The average Bonchev–Trinajstić information content (AvgIpc) is 2.49. The van der Waals surface area contributed by atoms with Crippen molar-refractivity contribution in [3.05, 3.63) is 71.9 Å². The van der Waals surface area contributed by atoms with Crippen molar-refractivity contribution in [1.29, 1.82) is 0 Å². The quantitative estimate of drug-likeness (QED) is 0.736. The molecule has 0 unspecified atom stereocenters. The molecule has 0 aliphatic rings. The van der Waals surface area contributed by atoms with Gasteiger partial charge in [-0.15, -0.1) is 0 Å². The molecule has 3 aromatic rings. The molecule has 3 rings (SSSR count). The molecule has 1 aromatic heterocycles. The number of fused-ring (bicyclic) bond motifs is 1. The lowest BCUT2D eigenvalue weighted by Crippen LogP contribution is -1.87. The lowest BCUT2D eigenvalue weighted by molar-refractivity contribution is 0.474. The second-order valence-corrected chi connectivity index (χ2v) is 4.78. The Morgan fingerprint density at radius 2 is 1.70 bits per heavy atom. The lowest BCUT2D eigenvalue weighted by Gasteiger charge is -2.04. The number of aromatic nitrogens is 1. The fourth-order valence-corrected chi connectivity index (χ4v) is 2.20. The number of phenolic OH excluding ortho intramolecular Hbond substituents is 1. The van der Waals surface area contributed by atoms with Gasteiger partial charge in [-0.1, -0.05) is 42.5 Å². The third kappa shape index (κ3) is 2.41. The van der Waals surface area contributed by atoms with E-state index in [1.165, 1.54) is 0 Å². The number of hydrogen-bond donors (Lipinski definition) is 1. The van der Waals surface area contributed by atoms with Gasteiger partial charge >= 0.3 is 0 Å². The number of hydrogen-bond acceptors (Lipinski definition) is 2. The van der Waals surface area contributed by atoms with E-state index in [-0.39, 0.29) is 5.75 Å². The van der Waals surface area contributed by atoms with Crippen LogP contribution in [0.1, 0.15) is 18.2 Å². The number of pyridine rings is 1. The van der Waals surface area contributed by atoms with Gasteiger partial charge in [0.1, 0.15) is 5.75 Å². The molecule has 98 valence electrons. The van der Waals surface area contributed by atoms with Crippen LogP contribution in [-0.2, 0) is 0 Å². The number of rotatable bonds is 2. The van der Waals surface area contributed by atoms with Gasteiger partial charge in [-0.25, -0.2) is 4.98 Å². The molecule has 1 N–H and O–H groups in total. The van der Waals surface area contributed by atoms with Crippen LogP contribution in [0.3, 0.4) is 0 Å². The number of allylic oxidation sites excluding steroid dienone is 1. The first-order valence-electron chi connectivity index (χ1n) is 6.56. The highest BCUT2D eigenvalue weighted by Crippen LogP contribution is 2.23. The van der Waals surface area contributed by atoms with Crippen LogP contribution in [0.2, 0.25) is 0 Å². The minimum absolute atomic E-state index is 0.285. The van der Waals surface area contributed by atoms with E-state index in [4.69, 9.17) is 0 Å². The maximum atomic E-state index is 9.81. The summed E-state index contributed by atoms with van der Waals surface area (Å²) in [6.45, 7) is 2.00. The highest BCUT2D eigenvalue weighted by Gasteiger charge is 2.02. The molecule has 0 radical (unpaired) electrons. The summed E-state index contributed by atoms with van der Waals surface area (Å²) in [6.07, 6.45) is 1.95. The van der Waals surface area contributed by atoms with Crippen molar-refractivity contribution >= 4 is 22.6 Å². The SMILES string of the molecule is C/C(=C/c1ccccc1O)c1ccc2ccccc2n1. The molecule has 0 spiro atoms. The molecule has 1 heterocycles. The molecule has 0 saturated carbocycles. The number of benzene rings is 2. The van der Waals surface area contributed by atoms with Crippen molar-refractivity contribution in [2.75, 3.05) is 0 Å². The number of para-hydroxylation sites is 2. The zero-order valence-corrected chi connectivity index (χ0v) is 11.2. The van der Waals surface area contributed by atoms with Gasteiger partial charge in [-0.2, -0.15) is 0 Å². The molecule has 0 bridgehead atoms. The normalized spacial score (nSPS) is 11.8. The van der Waals surface area contributed by atoms with Gasteiger partial charge in [0.15, 0.2) is 0 Å². The van der Waals surface area contributed by atoms with E-state index >= 15 is 0 Å². The molecule has 0 fully saturated rings. The third-order valence-electron chi connectivity index (χ3n) is 3.31. The van der Waals surface area contributed by atoms with E-state index in [2.05, 4.69) is 11.1 Å². The minimum Gasteiger partial charge on any atom is -0.507 e. The third-order valence-corrected chi connectivity index (χ3v) is 3.31. The van der Waals surface area contributed by atoms with E-state index in [1.54, 1.807) is 6.07 Å². The summed E-state index contributed by atoms with van der Waals surface area (Å²) in [5.74, 6) is 0.285. The average molecular weight is 261 g/mol. The van der Waals surface area contributed by atoms with Crippen LogP contribution >= 0.6 is 0 Å². The van der Waals surface area contributed by atoms with Crippen molar-refractivity contribution in [1.82, 2.24) is 4.98 Å². The highest BCUT2D eigenvalue weighted by atomic mass is 16.3. The van der Waals surface area contributed by atoms with Gasteiger partial charge in [0, 0.05) is 10.9 Å². The van der Waals surface area contributed by atoms with E-state index in [0.29, 0.717) is 0 Å². The Morgan fingerprint density at radius 1 is 0.950 bits per heavy atom. The molecule has 2 nitrogen and oxygen atoms in total. The lowest BCUT2D eigenvalue weighted by atomic mass is 10.1. The summed E-state index contributed by atoms with van der Waals surface area (Å²) < 4.78 is 0. The topological polar surface area (TPSA) is 33.1 Å². The van der Waals surface area contributed by atoms with Crippen LogP contribution in [0.5, 0.6) is 5.75 Å². The number of phenols is 1.